The van der Waals surface area contributed by atoms with Crippen LogP contribution in [0.15, 0.2) is 34.9 Å². The Kier molecular flexibility index (Phi) is 12.6. The Bertz CT molecular complexity index is 1290. The molecule has 44 heavy (non-hydrogen) atoms. The fourth-order valence-corrected chi connectivity index (χ4v) is 6.76. The van der Waals surface area contributed by atoms with Crippen molar-refractivity contribution in [3.63, 3.8) is 0 Å². The average Bonchev–Trinajstić information content (AvgIpc) is 3.01. The summed E-state index contributed by atoms with van der Waals surface area (Å²) in [4.78, 5) is 33.7. The fourth-order valence-electron chi connectivity index (χ4n) is 6.76. The molecular weight excluding hydrogens is 552 g/mol. The van der Waals surface area contributed by atoms with Crippen molar-refractivity contribution in [2.45, 2.75) is 71.9 Å². The SMILES string of the molecule is CCN(c1cc(C#CCN2CCOCC2)cc(C(=O)NCC2=C(C)C=C(C)CC2=O)c1C)C1CCC(N(C)CCOC)CC1. The van der Waals surface area contributed by atoms with E-state index in [-0.39, 0.29) is 18.2 Å². The zero-order valence-electron chi connectivity index (χ0n) is 27.8. The van der Waals surface area contributed by atoms with E-state index in [0.29, 0.717) is 36.2 Å². The minimum atomic E-state index is -0.167. The van der Waals surface area contributed by atoms with Crippen molar-refractivity contribution in [1.82, 2.24) is 15.1 Å². The number of hydrogen-bond acceptors (Lipinski definition) is 7. The number of ether oxygens (including phenoxy) is 2. The smallest absolute Gasteiger partial charge is 0.251 e. The maximum Gasteiger partial charge on any atom is 0.251 e. The summed E-state index contributed by atoms with van der Waals surface area (Å²) in [7, 11) is 3.96. The van der Waals surface area contributed by atoms with Gasteiger partial charge in [0.1, 0.15) is 0 Å². The topological polar surface area (TPSA) is 74.4 Å². The summed E-state index contributed by atoms with van der Waals surface area (Å²) in [5, 5.41) is 3.07. The highest BCUT2D eigenvalue weighted by Crippen LogP contribution is 2.33. The van der Waals surface area contributed by atoms with Crippen molar-refractivity contribution in [1.29, 1.82) is 0 Å². The molecule has 2 fully saturated rings. The third-order valence-corrected chi connectivity index (χ3v) is 9.43. The summed E-state index contributed by atoms with van der Waals surface area (Å²) >= 11 is 0. The van der Waals surface area contributed by atoms with Crippen LogP contribution in [0.4, 0.5) is 5.69 Å². The van der Waals surface area contributed by atoms with Gasteiger partial charge in [0.15, 0.2) is 5.78 Å². The van der Waals surface area contributed by atoms with Gasteiger partial charge in [-0.1, -0.05) is 23.5 Å². The van der Waals surface area contributed by atoms with Gasteiger partial charge >= 0.3 is 0 Å². The van der Waals surface area contributed by atoms with Crippen molar-refractivity contribution >= 4 is 17.4 Å². The first-order valence-electron chi connectivity index (χ1n) is 16.3. The molecule has 1 aliphatic heterocycles. The molecule has 0 spiro atoms. The molecule has 1 aromatic rings. The van der Waals surface area contributed by atoms with Gasteiger partial charge < -0.3 is 24.6 Å². The third kappa shape index (κ3) is 8.82. The van der Waals surface area contributed by atoms with Gasteiger partial charge in [0, 0.05) is 80.7 Å². The first-order valence-corrected chi connectivity index (χ1v) is 16.3. The number of benzene rings is 1. The second-order valence-corrected chi connectivity index (χ2v) is 12.5. The van der Waals surface area contributed by atoms with E-state index in [0.717, 1.165) is 99.6 Å². The lowest BCUT2D eigenvalue weighted by Gasteiger charge is -2.41. The van der Waals surface area contributed by atoms with Gasteiger partial charge in [-0.15, -0.1) is 0 Å². The molecule has 1 heterocycles. The van der Waals surface area contributed by atoms with Gasteiger partial charge in [0.2, 0.25) is 0 Å². The number of nitrogens with one attached hydrogen (secondary N) is 1. The molecular formula is C36H52N4O4. The number of allylic oxidation sites excluding steroid dienone is 3. The molecule has 1 amide bonds. The monoisotopic (exact) mass is 604 g/mol. The highest BCUT2D eigenvalue weighted by atomic mass is 16.5. The number of carbonyl (C=O) groups is 2. The van der Waals surface area contributed by atoms with Crippen LogP contribution in [-0.4, -0.2) is 107 Å². The van der Waals surface area contributed by atoms with E-state index >= 15 is 0 Å². The average molecular weight is 605 g/mol. The van der Waals surface area contributed by atoms with Crippen LogP contribution < -0.4 is 10.2 Å². The summed E-state index contributed by atoms with van der Waals surface area (Å²) in [6, 6.07) is 5.06. The Morgan fingerprint density at radius 3 is 2.48 bits per heavy atom. The van der Waals surface area contributed by atoms with Crippen LogP contribution >= 0.6 is 0 Å². The van der Waals surface area contributed by atoms with E-state index in [2.05, 4.69) is 51.9 Å². The lowest BCUT2D eigenvalue weighted by atomic mass is 9.88. The first-order chi connectivity index (χ1) is 21.2. The molecule has 0 unspecified atom stereocenters. The van der Waals surface area contributed by atoms with Gasteiger partial charge in [-0.2, -0.15) is 0 Å². The van der Waals surface area contributed by atoms with Gasteiger partial charge in [-0.3, -0.25) is 14.5 Å². The van der Waals surface area contributed by atoms with Gasteiger partial charge in [0.05, 0.1) is 26.4 Å². The van der Waals surface area contributed by atoms with Crippen LogP contribution in [0.2, 0.25) is 0 Å². The molecule has 1 aromatic carbocycles. The molecule has 1 saturated heterocycles. The van der Waals surface area contributed by atoms with Crippen molar-refractivity contribution in [2.24, 2.45) is 0 Å². The first kappa shape index (κ1) is 33.9. The largest absolute Gasteiger partial charge is 0.383 e. The summed E-state index contributed by atoms with van der Waals surface area (Å²) in [6.07, 6.45) is 6.95. The van der Waals surface area contributed by atoms with Crippen molar-refractivity contribution < 1.29 is 19.1 Å². The van der Waals surface area contributed by atoms with Crippen LogP contribution in [0.3, 0.4) is 0 Å². The molecule has 4 rings (SSSR count). The Morgan fingerprint density at radius 2 is 1.82 bits per heavy atom. The highest BCUT2D eigenvalue weighted by Gasteiger charge is 2.29. The number of Topliss-reactive ketones (excluding diaryl/α,β-unsaturated/α-hetero) is 1. The second-order valence-electron chi connectivity index (χ2n) is 12.5. The van der Waals surface area contributed by atoms with Crippen molar-refractivity contribution in [3.8, 4) is 11.8 Å². The molecule has 0 aromatic heterocycles. The Morgan fingerprint density at radius 1 is 1.11 bits per heavy atom. The molecule has 8 heteroatoms. The molecule has 0 atom stereocenters. The molecule has 3 aliphatic rings. The highest BCUT2D eigenvalue weighted by molar-refractivity contribution is 6.02. The van der Waals surface area contributed by atoms with E-state index in [1.807, 2.05) is 32.9 Å². The van der Waals surface area contributed by atoms with Crippen molar-refractivity contribution in [3.05, 3.63) is 51.6 Å². The summed E-state index contributed by atoms with van der Waals surface area (Å²) < 4.78 is 10.8. The van der Waals surface area contributed by atoms with E-state index < -0.39 is 0 Å². The minimum absolute atomic E-state index is 0.0866. The number of amides is 1. The standard InChI is InChI=1S/C36H52N4O4/c1-7-40(31-12-10-30(11-13-31)38(5)15-18-43-6)34-24-29(9-8-14-39-16-19-44-20-17-39)23-32(28(34)4)36(42)37-25-33-27(3)21-26(2)22-35(33)41/h21,23-24,30-31H,7,10-20,22,25H2,1-6H3,(H,37,42). The predicted molar refractivity (Wildman–Crippen MR) is 177 cm³/mol. The second kappa shape index (κ2) is 16.4. The summed E-state index contributed by atoms with van der Waals surface area (Å²) in [6.45, 7) is 14.9. The molecule has 240 valence electrons. The zero-order valence-corrected chi connectivity index (χ0v) is 27.8. The fraction of sp³-hybridized carbons (Fsp3) is 0.611. The van der Waals surface area contributed by atoms with E-state index in [1.165, 1.54) is 0 Å². The molecule has 1 saturated carbocycles. The molecule has 0 radical (unpaired) electrons. The Hall–Kier alpha value is -2.96. The number of carbonyl (C=O) groups excluding carboxylic acids is 2. The Labute approximate surface area is 264 Å². The van der Waals surface area contributed by atoms with E-state index in [9.17, 15) is 9.59 Å². The lowest BCUT2D eigenvalue weighted by Crippen LogP contribution is -2.44. The normalized spacial score (nSPS) is 21.2. The van der Waals surface area contributed by atoms with Gasteiger partial charge in [-0.05, 0) is 83.7 Å². The predicted octanol–water partition coefficient (Wildman–Crippen LogP) is 4.36. The zero-order chi connectivity index (χ0) is 31.6. The number of nitrogens with zero attached hydrogens (tertiary/aromatic N) is 3. The van der Waals surface area contributed by atoms with Crippen molar-refractivity contribution in [2.75, 3.05) is 78.1 Å². The third-order valence-electron chi connectivity index (χ3n) is 9.43. The van der Waals surface area contributed by atoms with Gasteiger partial charge in [-0.25, -0.2) is 0 Å². The maximum atomic E-state index is 13.7. The van der Waals surface area contributed by atoms with Crippen LogP contribution in [0.25, 0.3) is 0 Å². The molecule has 2 aliphatic carbocycles. The number of methoxy groups -OCH3 is 1. The number of hydrogen-bond donors (Lipinski definition) is 1. The number of anilines is 1. The van der Waals surface area contributed by atoms with Crippen LogP contribution in [0.1, 0.15) is 74.4 Å². The number of likely N-dealkylation sites (N-methyl/N-ethyl adjacent to an activating group) is 1. The van der Waals surface area contributed by atoms with E-state index in [1.54, 1.807) is 7.11 Å². The van der Waals surface area contributed by atoms with E-state index in [4.69, 9.17) is 9.47 Å². The number of morpholine rings is 1. The van der Waals surface area contributed by atoms with Crippen LogP contribution in [-0.2, 0) is 14.3 Å². The molecule has 1 N–H and O–H groups in total. The quantitative estimate of drug-likeness (QED) is 0.377. The minimum Gasteiger partial charge on any atom is -0.383 e. The summed E-state index contributed by atoms with van der Waals surface area (Å²) in [5.41, 5.74) is 6.18. The molecule has 8 nitrogen and oxygen atoms in total. The molecule has 0 bridgehead atoms. The lowest BCUT2D eigenvalue weighted by molar-refractivity contribution is -0.115. The van der Waals surface area contributed by atoms with Crippen LogP contribution in [0, 0.1) is 18.8 Å². The number of rotatable bonds is 11. The maximum absolute atomic E-state index is 13.7. The Balaban J connectivity index is 1.57. The number of ketones is 1. The summed E-state index contributed by atoms with van der Waals surface area (Å²) in [5.74, 6) is 6.64. The van der Waals surface area contributed by atoms with Crippen LogP contribution in [0.5, 0.6) is 0 Å². The van der Waals surface area contributed by atoms with Gasteiger partial charge in [0.25, 0.3) is 5.91 Å².